The summed E-state index contributed by atoms with van der Waals surface area (Å²) in [5.41, 5.74) is 0.0295. The minimum absolute atomic E-state index is 0.0295. The van der Waals surface area contributed by atoms with E-state index in [4.69, 9.17) is 0 Å². The summed E-state index contributed by atoms with van der Waals surface area (Å²) in [4.78, 5) is 13.7. The molecule has 0 aromatic carbocycles. The molecule has 0 aliphatic heterocycles. The van der Waals surface area contributed by atoms with Gasteiger partial charge in [-0.15, -0.1) is 0 Å². The van der Waals surface area contributed by atoms with Crippen molar-refractivity contribution in [2.75, 3.05) is 0 Å². The molecule has 0 bridgehead atoms. The van der Waals surface area contributed by atoms with Gasteiger partial charge in [-0.2, -0.15) is 0 Å². The van der Waals surface area contributed by atoms with E-state index >= 15 is 0 Å². The Morgan fingerprint density at radius 1 is 1.64 bits per heavy atom. The second kappa shape index (κ2) is 2.26. The molecule has 1 heterocycles. The first-order chi connectivity index (χ1) is 5.27. The van der Waals surface area contributed by atoms with Crippen molar-refractivity contribution in [3.8, 4) is 0 Å². The van der Waals surface area contributed by atoms with Crippen LogP contribution in [0.25, 0.3) is 0 Å². The summed E-state index contributed by atoms with van der Waals surface area (Å²) in [7, 11) is 0. The van der Waals surface area contributed by atoms with Gasteiger partial charge in [-0.25, -0.2) is 4.79 Å². The average molecular weight is 152 g/mol. The predicted octanol–water partition coefficient (Wildman–Crippen LogP) is 1.15. The van der Waals surface area contributed by atoms with Crippen LogP contribution >= 0.6 is 0 Å². The van der Waals surface area contributed by atoms with Gasteiger partial charge < -0.3 is 4.98 Å². The molecular formula is C8H12N2O. The molecular weight excluding hydrogens is 140 g/mol. The maximum Gasteiger partial charge on any atom is 0.325 e. The Hall–Kier alpha value is -0.990. The largest absolute Gasteiger partial charge is 0.325 e. The van der Waals surface area contributed by atoms with Crippen LogP contribution in [0.4, 0.5) is 0 Å². The number of imidazole rings is 1. The molecule has 0 unspecified atom stereocenters. The summed E-state index contributed by atoms with van der Waals surface area (Å²) < 4.78 is 1.79. The lowest BCUT2D eigenvalue weighted by Gasteiger charge is -2.32. The van der Waals surface area contributed by atoms with Gasteiger partial charge >= 0.3 is 5.69 Å². The Balaban J connectivity index is 2.19. The van der Waals surface area contributed by atoms with Crippen LogP contribution in [0.15, 0.2) is 17.2 Å². The molecule has 1 aromatic rings. The van der Waals surface area contributed by atoms with E-state index in [1.807, 2.05) is 6.20 Å². The number of nitrogens with zero attached hydrogens (tertiary/aromatic N) is 1. The predicted molar refractivity (Wildman–Crippen MR) is 42.5 cm³/mol. The summed E-state index contributed by atoms with van der Waals surface area (Å²) in [6.45, 7) is 2.22. The first-order valence-corrected chi connectivity index (χ1v) is 4.03. The molecule has 0 atom stereocenters. The smallest absolute Gasteiger partial charge is 0.313 e. The molecule has 1 aliphatic rings. The number of hydrogen-bond acceptors (Lipinski definition) is 1. The van der Waals surface area contributed by atoms with Crippen molar-refractivity contribution < 1.29 is 0 Å². The molecule has 60 valence electrons. The fourth-order valence-corrected chi connectivity index (χ4v) is 1.71. The lowest BCUT2D eigenvalue weighted by molar-refractivity contribution is 0.212. The fraction of sp³-hybridized carbons (Fsp3) is 0.625. The number of aromatic nitrogens is 2. The molecule has 0 spiro atoms. The van der Waals surface area contributed by atoms with Crippen molar-refractivity contribution in [2.45, 2.75) is 25.8 Å². The molecule has 11 heavy (non-hydrogen) atoms. The van der Waals surface area contributed by atoms with E-state index in [2.05, 4.69) is 11.9 Å². The monoisotopic (exact) mass is 152 g/mol. The van der Waals surface area contributed by atoms with E-state index in [9.17, 15) is 4.79 Å². The second-order valence-electron chi connectivity index (χ2n) is 3.40. The zero-order chi connectivity index (χ0) is 7.84. The van der Waals surface area contributed by atoms with Crippen LogP contribution < -0.4 is 5.69 Å². The van der Waals surface area contributed by atoms with Crippen LogP contribution in [0.3, 0.4) is 0 Å². The summed E-state index contributed by atoms with van der Waals surface area (Å²) in [5, 5.41) is 0. The van der Waals surface area contributed by atoms with Gasteiger partial charge in [-0.3, -0.25) is 4.57 Å². The van der Waals surface area contributed by atoms with Crippen LogP contribution in [-0.4, -0.2) is 9.55 Å². The highest BCUT2D eigenvalue weighted by atomic mass is 16.1. The van der Waals surface area contributed by atoms with Gasteiger partial charge in [0.25, 0.3) is 0 Å². The van der Waals surface area contributed by atoms with Crippen LogP contribution in [-0.2, 0) is 0 Å². The van der Waals surface area contributed by atoms with Crippen molar-refractivity contribution in [1.82, 2.24) is 9.55 Å². The lowest BCUT2D eigenvalue weighted by atomic mass is 9.82. The Morgan fingerprint density at radius 2 is 2.36 bits per heavy atom. The number of nitrogens with one attached hydrogen (secondary N) is 1. The Labute approximate surface area is 65.1 Å². The molecule has 3 heteroatoms. The Morgan fingerprint density at radius 3 is 2.82 bits per heavy atom. The zero-order valence-electron chi connectivity index (χ0n) is 6.58. The Bertz CT molecular complexity index is 293. The number of H-pyrrole nitrogens is 1. The summed E-state index contributed by atoms with van der Waals surface area (Å²) in [6.07, 6.45) is 5.83. The topological polar surface area (TPSA) is 37.8 Å². The third-order valence-corrected chi connectivity index (χ3v) is 2.42. The van der Waals surface area contributed by atoms with E-state index in [0.29, 0.717) is 6.04 Å². The lowest BCUT2D eigenvalue weighted by Crippen LogP contribution is -2.30. The second-order valence-corrected chi connectivity index (χ2v) is 3.40. The number of hydrogen-bond donors (Lipinski definition) is 1. The van der Waals surface area contributed by atoms with Crippen LogP contribution in [0, 0.1) is 5.92 Å². The standard InChI is InChI=1S/C8H12N2O/c1-6-4-7(5-6)10-3-2-9-8(10)11/h2-3,6-7H,4-5H2,1H3,(H,9,11). The van der Waals surface area contributed by atoms with Gasteiger partial charge in [0, 0.05) is 18.4 Å². The highest BCUT2D eigenvalue weighted by molar-refractivity contribution is 4.88. The Kier molecular flexibility index (Phi) is 1.37. The molecule has 0 amide bonds. The van der Waals surface area contributed by atoms with E-state index in [1.54, 1.807) is 10.8 Å². The fourth-order valence-electron chi connectivity index (χ4n) is 1.71. The maximum atomic E-state index is 11.1. The molecule has 1 fully saturated rings. The molecule has 3 nitrogen and oxygen atoms in total. The van der Waals surface area contributed by atoms with Gasteiger partial charge in [0.15, 0.2) is 0 Å². The molecule has 1 N–H and O–H groups in total. The molecule has 0 radical (unpaired) electrons. The summed E-state index contributed by atoms with van der Waals surface area (Å²) in [5.74, 6) is 0.793. The minimum atomic E-state index is 0.0295. The minimum Gasteiger partial charge on any atom is -0.313 e. The van der Waals surface area contributed by atoms with E-state index in [0.717, 1.165) is 18.8 Å². The molecule has 0 saturated heterocycles. The third kappa shape index (κ3) is 1.00. The van der Waals surface area contributed by atoms with Crippen molar-refractivity contribution in [3.63, 3.8) is 0 Å². The number of rotatable bonds is 1. The van der Waals surface area contributed by atoms with Crippen molar-refractivity contribution >= 4 is 0 Å². The van der Waals surface area contributed by atoms with E-state index in [-0.39, 0.29) is 5.69 Å². The quantitative estimate of drug-likeness (QED) is 0.644. The van der Waals surface area contributed by atoms with Crippen molar-refractivity contribution in [3.05, 3.63) is 22.9 Å². The SMILES string of the molecule is CC1CC(n2cc[nH]c2=O)C1. The van der Waals surface area contributed by atoms with Crippen molar-refractivity contribution in [2.24, 2.45) is 5.92 Å². The third-order valence-electron chi connectivity index (χ3n) is 2.42. The molecule has 1 aromatic heterocycles. The first-order valence-electron chi connectivity index (χ1n) is 4.03. The van der Waals surface area contributed by atoms with Crippen LogP contribution in [0.1, 0.15) is 25.8 Å². The highest BCUT2D eigenvalue weighted by Gasteiger charge is 2.27. The molecule has 1 aliphatic carbocycles. The zero-order valence-corrected chi connectivity index (χ0v) is 6.58. The van der Waals surface area contributed by atoms with Crippen molar-refractivity contribution in [1.29, 1.82) is 0 Å². The average Bonchev–Trinajstić information content (AvgIpc) is 2.29. The van der Waals surface area contributed by atoms with Gasteiger partial charge in [0.2, 0.25) is 0 Å². The maximum absolute atomic E-state index is 11.1. The van der Waals surface area contributed by atoms with Gasteiger partial charge in [-0.1, -0.05) is 6.92 Å². The van der Waals surface area contributed by atoms with Gasteiger partial charge in [0.05, 0.1) is 0 Å². The molecule has 2 rings (SSSR count). The normalized spacial score (nSPS) is 29.9. The van der Waals surface area contributed by atoms with Crippen LogP contribution in [0.5, 0.6) is 0 Å². The first kappa shape index (κ1) is 6.70. The highest BCUT2D eigenvalue weighted by Crippen LogP contribution is 2.35. The molecule has 1 saturated carbocycles. The van der Waals surface area contributed by atoms with E-state index < -0.39 is 0 Å². The number of aromatic amines is 1. The summed E-state index contributed by atoms with van der Waals surface area (Å²) >= 11 is 0. The van der Waals surface area contributed by atoms with Gasteiger partial charge in [-0.05, 0) is 18.8 Å². The van der Waals surface area contributed by atoms with E-state index in [1.165, 1.54) is 0 Å². The van der Waals surface area contributed by atoms with Crippen LogP contribution in [0.2, 0.25) is 0 Å². The van der Waals surface area contributed by atoms with Gasteiger partial charge in [0.1, 0.15) is 0 Å². The summed E-state index contributed by atoms with van der Waals surface area (Å²) in [6, 6.07) is 0.462.